The maximum atomic E-state index is 14.8. The van der Waals surface area contributed by atoms with Crippen LogP contribution >= 0.6 is 12.2 Å². The molecule has 36 heavy (non-hydrogen) atoms. The molecule has 3 heterocycles. The van der Waals surface area contributed by atoms with Crippen LogP contribution in [-0.4, -0.2) is 32.0 Å². The molecule has 0 aliphatic carbocycles. The average molecular weight is 500 g/mol. The number of halogens is 1. The molecule has 2 aromatic carbocycles. The summed E-state index contributed by atoms with van der Waals surface area (Å²) in [4.78, 5) is 19.4. The zero-order valence-electron chi connectivity index (χ0n) is 19.8. The van der Waals surface area contributed by atoms with Crippen molar-refractivity contribution in [3.8, 4) is 5.69 Å². The molecule has 5 rings (SSSR count). The van der Waals surface area contributed by atoms with Crippen molar-refractivity contribution in [2.24, 2.45) is 0 Å². The van der Waals surface area contributed by atoms with Gasteiger partial charge in [-0.15, -0.1) is 0 Å². The molecule has 1 aliphatic heterocycles. The lowest BCUT2D eigenvalue weighted by Gasteiger charge is -2.29. The van der Waals surface area contributed by atoms with Crippen LogP contribution < -0.4 is 10.6 Å². The first-order valence-corrected chi connectivity index (χ1v) is 12.2. The van der Waals surface area contributed by atoms with Gasteiger partial charge in [-0.3, -0.25) is 9.78 Å². The van der Waals surface area contributed by atoms with E-state index in [1.165, 1.54) is 6.07 Å². The molecule has 182 valence electrons. The first-order chi connectivity index (χ1) is 17.5. The molecule has 0 spiro atoms. The van der Waals surface area contributed by atoms with Crippen molar-refractivity contribution in [2.75, 3.05) is 11.9 Å². The molecule has 1 amide bonds. The Bertz CT molecular complexity index is 1390. The maximum Gasteiger partial charge on any atom is 0.226 e. The number of rotatable bonds is 7. The van der Waals surface area contributed by atoms with Gasteiger partial charge in [0.25, 0.3) is 0 Å². The van der Waals surface area contributed by atoms with E-state index in [2.05, 4.69) is 15.6 Å². The number of benzene rings is 2. The summed E-state index contributed by atoms with van der Waals surface area (Å²) in [5.41, 5.74) is 3.95. The molecule has 6 nitrogen and oxygen atoms in total. The molecule has 0 radical (unpaired) electrons. The van der Waals surface area contributed by atoms with Crippen LogP contribution in [0.5, 0.6) is 0 Å². The number of hydrogen-bond donors (Lipinski definition) is 2. The van der Waals surface area contributed by atoms with Crippen molar-refractivity contribution in [1.29, 1.82) is 0 Å². The zero-order chi connectivity index (χ0) is 25.1. The van der Waals surface area contributed by atoms with Gasteiger partial charge in [-0.05, 0) is 73.2 Å². The molecule has 2 N–H and O–H groups in total. The number of aryl methyl sites for hydroxylation is 1. The minimum absolute atomic E-state index is 0.104. The number of para-hydroxylation sites is 1. The zero-order valence-corrected chi connectivity index (χ0v) is 20.6. The van der Waals surface area contributed by atoms with Crippen LogP contribution in [0.4, 0.5) is 10.1 Å². The molecule has 2 atom stereocenters. The quantitative estimate of drug-likeness (QED) is 0.337. The number of nitrogens with one attached hydrogen (secondary N) is 2. The van der Waals surface area contributed by atoms with E-state index in [1.54, 1.807) is 18.3 Å². The topological polar surface area (TPSA) is 62.2 Å². The summed E-state index contributed by atoms with van der Waals surface area (Å²) in [6.07, 6.45) is 3.82. The molecular weight excluding hydrogens is 473 g/mol. The second-order valence-corrected chi connectivity index (χ2v) is 9.13. The fraction of sp³-hybridized carbons (Fsp3) is 0.179. The van der Waals surface area contributed by atoms with E-state index in [4.69, 9.17) is 12.2 Å². The lowest BCUT2D eigenvalue weighted by molar-refractivity contribution is -0.116. The predicted molar refractivity (Wildman–Crippen MR) is 142 cm³/mol. The fourth-order valence-corrected chi connectivity index (χ4v) is 4.97. The monoisotopic (exact) mass is 499 g/mol. The number of hydrogen-bond acceptors (Lipinski definition) is 3. The summed E-state index contributed by atoms with van der Waals surface area (Å²) in [7, 11) is 0. The van der Waals surface area contributed by atoms with Crippen LogP contribution in [0.1, 0.15) is 35.5 Å². The SMILES string of the molecule is Cc1cccc(NC(=O)CCN2C(=S)N[C@@H](c3ccccn3)[C@@H]2c2cccn2-c2ccccc2F)c1. The summed E-state index contributed by atoms with van der Waals surface area (Å²) >= 11 is 5.73. The van der Waals surface area contributed by atoms with Gasteiger partial charge in [-0.25, -0.2) is 4.39 Å². The van der Waals surface area contributed by atoms with Gasteiger partial charge in [-0.2, -0.15) is 0 Å². The molecule has 0 unspecified atom stereocenters. The first-order valence-electron chi connectivity index (χ1n) is 11.8. The van der Waals surface area contributed by atoms with Gasteiger partial charge < -0.3 is 20.1 Å². The van der Waals surface area contributed by atoms with E-state index in [0.717, 1.165) is 22.6 Å². The van der Waals surface area contributed by atoms with E-state index in [1.807, 2.05) is 83.3 Å². The van der Waals surface area contributed by atoms with Gasteiger partial charge in [0.1, 0.15) is 5.82 Å². The molecule has 0 bridgehead atoms. The Balaban J connectivity index is 1.45. The number of aromatic nitrogens is 2. The summed E-state index contributed by atoms with van der Waals surface area (Å²) in [5, 5.41) is 6.88. The normalized spacial score (nSPS) is 17.2. The summed E-state index contributed by atoms with van der Waals surface area (Å²) in [6.45, 7) is 2.37. The highest BCUT2D eigenvalue weighted by Gasteiger charge is 2.41. The van der Waals surface area contributed by atoms with Crippen LogP contribution in [0.3, 0.4) is 0 Å². The number of nitrogens with zero attached hydrogens (tertiary/aromatic N) is 3. The van der Waals surface area contributed by atoms with Crippen LogP contribution in [0.2, 0.25) is 0 Å². The van der Waals surface area contributed by atoms with Crippen molar-refractivity contribution in [1.82, 2.24) is 19.8 Å². The number of anilines is 1. The second-order valence-electron chi connectivity index (χ2n) is 8.74. The Kier molecular flexibility index (Phi) is 6.77. The van der Waals surface area contributed by atoms with Crippen LogP contribution in [0.15, 0.2) is 91.3 Å². The number of thiocarbonyl (C=S) groups is 1. The van der Waals surface area contributed by atoms with Gasteiger partial charge in [0.05, 0.1) is 23.5 Å². The number of amides is 1. The number of carbonyl (C=O) groups is 1. The third-order valence-corrected chi connectivity index (χ3v) is 6.63. The molecule has 0 saturated carbocycles. The first kappa shape index (κ1) is 23.7. The minimum atomic E-state index is -0.318. The van der Waals surface area contributed by atoms with E-state index >= 15 is 0 Å². The van der Waals surface area contributed by atoms with Gasteiger partial charge >= 0.3 is 0 Å². The highest BCUT2D eigenvalue weighted by atomic mass is 32.1. The van der Waals surface area contributed by atoms with Crippen molar-refractivity contribution in [3.63, 3.8) is 0 Å². The van der Waals surface area contributed by atoms with E-state index < -0.39 is 0 Å². The average Bonchev–Trinajstić information content (AvgIpc) is 3.47. The Morgan fingerprint density at radius 3 is 2.69 bits per heavy atom. The van der Waals surface area contributed by atoms with Gasteiger partial charge in [0.15, 0.2) is 5.11 Å². The molecule has 1 aliphatic rings. The van der Waals surface area contributed by atoms with E-state index in [9.17, 15) is 9.18 Å². The highest BCUT2D eigenvalue weighted by molar-refractivity contribution is 7.80. The molecule has 1 saturated heterocycles. The molecular formula is C28H26FN5OS. The third kappa shape index (κ3) is 4.85. The molecule has 8 heteroatoms. The minimum Gasteiger partial charge on any atom is -0.352 e. The highest BCUT2D eigenvalue weighted by Crippen LogP contribution is 2.39. The van der Waals surface area contributed by atoms with Crippen LogP contribution in [0.25, 0.3) is 5.69 Å². The Morgan fingerprint density at radius 2 is 1.92 bits per heavy atom. The smallest absolute Gasteiger partial charge is 0.226 e. The van der Waals surface area contributed by atoms with Crippen molar-refractivity contribution >= 4 is 28.9 Å². The predicted octanol–water partition coefficient (Wildman–Crippen LogP) is 5.32. The van der Waals surface area contributed by atoms with Gasteiger partial charge in [0, 0.05) is 36.7 Å². The largest absolute Gasteiger partial charge is 0.352 e. The fourth-order valence-electron chi connectivity index (χ4n) is 4.64. The summed E-state index contributed by atoms with van der Waals surface area (Å²) in [5.74, 6) is -0.421. The lowest BCUT2D eigenvalue weighted by Crippen LogP contribution is -2.33. The van der Waals surface area contributed by atoms with E-state index in [-0.39, 0.29) is 30.2 Å². The summed E-state index contributed by atoms with van der Waals surface area (Å²) < 4.78 is 16.6. The number of carbonyl (C=O) groups excluding carboxylic acids is 1. The van der Waals surface area contributed by atoms with Crippen molar-refractivity contribution in [2.45, 2.75) is 25.4 Å². The van der Waals surface area contributed by atoms with Gasteiger partial charge in [-0.1, -0.05) is 30.3 Å². The van der Waals surface area contributed by atoms with Crippen molar-refractivity contribution in [3.05, 3.63) is 114 Å². The molecule has 2 aromatic heterocycles. The van der Waals surface area contributed by atoms with E-state index in [0.29, 0.717) is 17.3 Å². The second kappa shape index (κ2) is 10.3. The number of pyridine rings is 1. The summed E-state index contributed by atoms with van der Waals surface area (Å²) in [6, 6.07) is 23.4. The molecule has 1 fully saturated rings. The third-order valence-electron chi connectivity index (χ3n) is 6.27. The molecule has 4 aromatic rings. The Morgan fingerprint density at radius 1 is 1.08 bits per heavy atom. The Hall–Kier alpha value is -4.04. The van der Waals surface area contributed by atoms with Crippen LogP contribution in [-0.2, 0) is 4.79 Å². The Labute approximate surface area is 214 Å². The maximum absolute atomic E-state index is 14.8. The lowest BCUT2D eigenvalue weighted by atomic mass is 10.0. The standard InChI is InChI=1S/C28H26FN5OS/c1-19-8-6-9-20(18-19)31-25(35)14-17-34-27(26(32-28(34)36)22-11-4-5-15-30-22)24-13-7-16-33(24)23-12-3-2-10-21(23)29/h2-13,15-16,18,26-27H,14,17H2,1H3,(H,31,35)(H,32,36)/t26-,27-/m0/s1. The van der Waals surface area contributed by atoms with Crippen molar-refractivity contribution < 1.29 is 9.18 Å². The van der Waals surface area contributed by atoms with Crippen LogP contribution in [0, 0.1) is 12.7 Å². The van der Waals surface area contributed by atoms with Gasteiger partial charge in [0.2, 0.25) is 5.91 Å².